The van der Waals surface area contributed by atoms with Gasteiger partial charge in [0.1, 0.15) is 0 Å². The van der Waals surface area contributed by atoms with Crippen molar-refractivity contribution in [2.45, 2.75) is 19.8 Å². The monoisotopic (exact) mass is 315 g/mol. The third kappa shape index (κ3) is 3.65. The number of piperidine rings is 1. The number of carbonyl (C=O) groups excluding carboxylic acids is 1. The van der Waals surface area contributed by atoms with Gasteiger partial charge in [0.25, 0.3) is 5.91 Å². The van der Waals surface area contributed by atoms with Crippen molar-refractivity contribution < 1.29 is 4.79 Å². The topological polar surface area (TPSA) is 45.2 Å². The highest BCUT2D eigenvalue weighted by atomic mass is 32.1. The summed E-state index contributed by atoms with van der Waals surface area (Å²) in [4.78, 5) is 18.9. The van der Waals surface area contributed by atoms with E-state index in [2.05, 4.69) is 15.2 Å². The largest absolute Gasteiger partial charge is 0.352 e. The minimum Gasteiger partial charge on any atom is -0.352 e. The van der Waals surface area contributed by atoms with Crippen molar-refractivity contribution in [1.82, 2.24) is 10.3 Å². The summed E-state index contributed by atoms with van der Waals surface area (Å²) in [5.74, 6) is 0.512. The Morgan fingerprint density at radius 2 is 2.23 bits per heavy atom. The molecule has 1 aliphatic heterocycles. The third-order valence-electron chi connectivity index (χ3n) is 4.07. The number of thiazole rings is 1. The summed E-state index contributed by atoms with van der Waals surface area (Å²) in [5, 5.41) is 6.18. The van der Waals surface area contributed by atoms with Gasteiger partial charge < -0.3 is 10.2 Å². The van der Waals surface area contributed by atoms with Crippen LogP contribution < -0.4 is 10.2 Å². The predicted molar refractivity (Wildman–Crippen MR) is 90.6 cm³/mol. The summed E-state index contributed by atoms with van der Waals surface area (Å²) in [7, 11) is 0. The fourth-order valence-corrected chi connectivity index (χ4v) is 3.50. The number of aromatic nitrogens is 1. The van der Waals surface area contributed by atoms with Gasteiger partial charge in [0.2, 0.25) is 0 Å². The van der Waals surface area contributed by atoms with E-state index in [-0.39, 0.29) is 5.91 Å². The molecule has 1 N–H and O–H groups in total. The number of amides is 1. The highest BCUT2D eigenvalue weighted by Crippen LogP contribution is 2.24. The van der Waals surface area contributed by atoms with Gasteiger partial charge in [0, 0.05) is 36.8 Å². The Labute approximate surface area is 135 Å². The Morgan fingerprint density at radius 3 is 2.95 bits per heavy atom. The van der Waals surface area contributed by atoms with E-state index in [0.717, 1.165) is 43.2 Å². The fourth-order valence-electron chi connectivity index (χ4n) is 2.82. The van der Waals surface area contributed by atoms with Crippen molar-refractivity contribution in [3.63, 3.8) is 0 Å². The van der Waals surface area contributed by atoms with E-state index in [1.54, 1.807) is 11.3 Å². The van der Waals surface area contributed by atoms with E-state index in [0.29, 0.717) is 5.92 Å². The second-order valence-electron chi connectivity index (χ2n) is 5.84. The van der Waals surface area contributed by atoms with Crippen LogP contribution in [0.15, 0.2) is 35.8 Å². The molecule has 0 radical (unpaired) electrons. The van der Waals surface area contributed by atoms with Gasteiger partial charge in [-0.25, -0.2) is 4.98 Å². The van der Waals surface area contributed by atoms with Crippen molar-refractivity contribution in [3.8, 4) is 0 Å². The van der Waals surface area contributed by atoms with Crippen LogP contribution in [-0.2, 0) is 0 Å². The zero-order valence-corrected chi connectivity index (χ0v) is 13.6. The minimum atomic E-state index is 0.0198. The molecule has 116 valence electrons. The number of anilines is 1. The molecule has 1 aromatic heterocycles. The number of rotatable bonds is 4. The molecule has 0 saturated carbocycles. The molecule has 2 aromatic rings. The maximum atomic E-state index is 12.2. The Hall–Kier alpha value is -1.88. The Kier molecular flexibility index (Phi) is 4.73. The molecule has 1 aromatic carbocycles. The molecule has 4 nitrogen and oxygen atoms in total. The van der Waals surface area contributed by atoms with Gasteiger partial charge in [-0.3, -0.25) is 4.79 Å². The zero-order chi connectivity index (χ0) is 15.4. The maximum absolute atomic E-state index is 12.2. The lowest BCUT2D eigenvalue weighted by atomic mass is 9.98. The molecular weight excluding hydrogens is 294 g/mol. The summed E-state index contributed by atoms with van der Waals surface area (Å²) >= 11 is 1.68. The van der Waals surface area contributed by atoms with Crippen molar-refractivity contribution in [1.29, 1.82) is 0 Å². The second-order valence-corrected chi connectivity index (χ2v) is 6.72. The molecule has 0 aliphatic carbocycles. The Morgan fingerprint density at radius 1 is 1.41 bits per heavy atom. The van der Waals surface area contributed by atoms with Crippen LogP contribution in [-0.4, -0.2) is 30.5 Å². The van der Waals surface area contributed by atoms with Gasteiger partial charge in [-0.1, -0.05) is 17.7 Å². The molecule has 1 amide bonds. The number of carbonyl (C=O) groups is 1. The third-order valence-corrected chi connectivity index (χ3v) is 4.91. The average Bonchev–Trinajstić information content (AvgIpc) is 3.08. The first-order valence-corrected chi connectivity index (χ1v) is 8.59. The molecule has 1 atom stereocenters. The number of nitrogens with zero attached hydrogens (tertiary/aromatic N) is 2. The van der Waals surface area contributed by atoms with Gasteiger partial charge in [0.15, 0.2) is 5.13 Å². The van der Waals surface area contributed by atoms with E-state index >= 15 is 0 Å². The molecule has 3 rings (SSSR count). The van der Waals surface area contributed by atoms with E-state index in [1.165, 1.54) is 5.56 Å². The number of aryl methyl sites for hydroxylation is 1. The van der Waals surface area contributed by atoms with Gasteiger partial charge >= 0.3 is 0 Å². The smallest absolute Gasteiger partial charge is 0.251 e. The number of hydrogen-bond acceptors (Lipinski definition) is 4. The van der Waals surface area contributed by atoms with Crippen molar-refractivity contribution >= 4 is 22.4 Å². The van der Waals surface area contributed by atoms with Crippen molar-refractivity contribution in [2.75, 3.05) is 24.5 Å². The Bertz CT molecular complexity index is 609. The second kappa shape index (κ2) is 6.92. The van der Waals surface area contributed by atoms with Crippen molar-refractivity contribution in [3.05, 3.63) is 47.0 Å². The molecule has 22 heavy (non-hydrogen) atoms. The molecule has 0 bridgehead atoms. The van der Waals surface area contributed by atoms with Gasteiger partial charge in [0.05, 0.1) is 0 Å². The average molecular weight is 315 g/mol. The van der Waals surface area contributed by atoms with E-state index in [4.69, 9.17) is 0 Å². The van der Waals surface area contributed by atoms with Crippen LogP contribution >= 0.6 is 11.3 Å². The molecule has 1 saturated heterocycles. The number of nitrogens with one attached hydrogen (secondary N) is 1. The molecule has 0 spiro atoms. The molecule has 1 aliphatic rings. The van der Waals surface area contributed by atoms with E-state index < -0.39 is 0 Å². The molecule has 5 heteroatoms. The van der Waals surface area contributed by atoms with Gasteiger partial charge in [-0.15, -0.1) is 11.3 Å². The normalized spacial score (nSPS) is 18.2. The predicted octanol–water partition coefficient (Wildman–Crippen LogP) is 3.10. The lowest BCUT2D eigenvalue weighted by Crippen LogP contribution is -2.41. The van der Waals surface area contributed by atoms with Crippen LogP contribution in [0.4, 0.5) is 5.13 Å². The summed E-state index contributed by atoms with van der Waals surface area (Å²) in [6.07, 6.45) is 4.17. The lowest BCUT2D eigenvalue weighted by molar-refractivity contribution is 0.0945. The summed E-state index contributed by atoms with van der Waals surface area (Å²) in [5.41, 5.74) is 1.90. The standard InChI is InChI=1S/C17H21N3OS/c1-13-4-6-15(7-5-13)16(21)19-11-14-3-2-9-20(12-14)17-18-8-10-22-17/h4-8,10,14H,2-3,9,11-12H2,1H3,(H,19,21). The van der Waals surface area contributed by atoms with Crippen LogP contribution in [0.1, 0.15) is 28.8 Å². The SMILES string of the molecule is Cc1ccc(C(=O)NCC2CCCN(c3nccs3)C2)cc1. The van der Waals surface area contributed by atoms with Crippen LogP contribution in [0.25, 0.3) is 0 Å². The van der Waals surface area contributed by atoms with E-state index in [1.807, 2.05) is 42.8 Å². The van der Waals surface area contributed by atoms with Crippen molar-refractivity contribution in [2.24, 2.45) is 5.92 Å². The summed E-state index contributed by atoms with van der Waals surface area (Å²) in [6.45, 7) is 4.79. The number of hydrogen-bond donors (Lipinski definition) is 1. The molecule has 1 unspecified atom stereocenters. The first kappa shape index (κ1) is 15.0. The molecule has 2 heterocycles. The first-order valence-electron chi connectivity index (χ1n) is 7.71. The number of benzene rings is 1. The maximum Gasteiger partial charge on any atom is 0.251 e. The lowest BCUT2D eigenvalue weighted by Gasteiger charge is -2.32. The van der Waals surface area contributed by atoms with Crippen LogP contribution in [0.3, 0.4) is 0 Å². The zero-order valence-electron chi connectivity index (χ0n) is 12.8. The Balaban J connectivity index is 1.52. The highest BCUT2D eigenvalue weighted by molar-refractivity contribution is 7.13. The fraction of sp³-hybridized carbons (Fsp3) is 0.412. The molecule has 1 fully saturated rings. The minimum absolute atomic E-state index is 0.0198. The van der Waals surface area contributed by atoms with Crippen LogP contribution in [0.5, 0.6) is 0 Å². The van der Waals surface area contributed by atoms with Gasteiger partial charge in [-0.05, 0) is 37.8 Å². The highest BCUT2D eigenvalue weighted by Gasteiger charge is 2.22. The van der Waals surface area contributed by atoms with Crippen LogP contribution in [0, 0.1) is 12.8 Å². The summed E-state index contributed by atoms with van der Waals surface area (Å²) in [6, 6.07) is 7.71. The van der Waals surface area contributed by atoms with Gasteiger partial charge in [-0.2, -0.15) is 0 Å². The van der Waals surface area contributed by atoms with Crippen LogP contribution in [0.2, 0.25) is 0 Å². The first-order chi connectivity index (χ1) is 10.7. The van der Waals surface area contributed by atoms with E-state index in [9.17, 15) is 4.79 Å². The quantitative estimate of drug-likeness (QED) is 0.943. The summed E-state index contributed by atoms with van der Waals surface area (Å²) < 4.78 is 0. The molecular formula is C17H21N3OS.